The lowest BCUT2D eigenvalue weighted by atomic mass is 9.55. The van der Waals surface area contributed by atoms with E-state index >= 15 is 0 Å². The van der Waals surface area contributed by atoms with Crippen molar-refractivity contribution in [2.75, 3.05) is 26.7 Å². The molecular formula is C29H38N4O2. The van der Waals surface area contributed by atoms with Crippen LogP contribution in [0, 0.1) is 5.41 Å². The highest BCUT2D eigenvalue weighted by Gasteiger charge is 2.46. The van der Waals surface area contributed by atoms with E-state index in [-0.39, 0.29) is 22.8 Å². The van der Waals surface area contributed by atoms with Crippen LogP contribution in [0.25, 0.3) is 11.0 Å². The summed E-state index contributed by atoms with van der Waals surface area (Å²) in [6.07, 6.45) is 4.81. The summed E-state index contributed by atoms with van der Waals surface area (Å²) < 4.78 is 0. The molecule has 6 nitrogen and oxygen atoms in total. The molecule has 1 aromatic heterocycles. The van der Waals surface area contributed by atoms with Gasteiger partial charge in [-0.1, -0.05) is 45.0 Å². The van der Waals surface area contributed by atoms with Gasteiger partial charge in [-0.15, -0.1) is 0 Å². The SMILES string of the molecule is CN(CC[C@@]1(C)c2cccc(O)c2CCC1(C)C)C(=O)N1CCCC(c2nc3ccccc3[nH]2)C1. The number of nitrogens with zero attached hydrogens (tertiary/aromatic N) is 3. The topological polar surface area (TPSA) is 72.5 Å². The number of urea groups is 1. The number of hydrogen-bond acceptors (Lipinski definition) is 3. The van der Waals surface area contributed by atoms with Crippen LogP contribution in [0.5, 0.6) is 5.75 Å². The van der Waals surface area contributed by atoms with Crippen molar-refractivity contribution in [1.29, 1.82) is 0 Å². The number of nitrogens with one attached hydrogen (secondary N) is 1. The third-order valence-electron chi connectivity index (χ3n) is 9.00. The number of carbonyl (C=O) groups excluding carboxylic acids is 1. The molecule has 0 saturated carbocycles. The molecule has 0 spiro atoms. The molecule has 2 atom stereocenters. The molecule has 2 N–H and O–H groups in total. The van der Waals surface area contributed by atoms with Crippen molar-refractivity contribution in [2.24, 2.45) is 5.41 Å². The zero-order valence-electron chi connectivity index (χ0n) is 21.5. The van der Waals surface area contributed by atoms with E-state index in [9.17, 15) is 9.90 Å². The molecule has 0 bridgehead atoms. The van der Waals surface area contributed by atoms with Crippen LogP contribution in [0.15, 0.2) is 42.5 Å². The first kappa shape index (κ1) is 23.7. The Morgan fingerprint density at radius 1 is 1.20 bits per heavy atom. The number of likely N-dealkylation sites (tertiary alicyclic amines) is 1. The van der Waals surface area contributed by atoms with Crippen molar-refractivity contribution in [3.63, 3.8) is 0 Å². The predicted octanol–water partition coefficient (Wildman–Crippen LogP) is 5.82. The zero-order valence-corrected chi connectivity index (χ0v) is 21.5. The van der Waals surface area contributed by atoms with Crippen LogP contribution in [0.1, 0.15) is 69.3 Å². The maximum absolute atomic E-state index is 13.5. The zero-order chi connectivity index (χ0) is 24.8. The van der Waals surface area contributed by atoms with Gasteiger partial charge in [-0.25, -0.2) is 9.78 Å². The molecule has 5 rings (SSSR count). The Balaban J connectivity index is 1.28. The standard InChI is InChI=1S/C29H38N4O2/c1-28(2)15-14-21-22(10-7-13-25(21)34)29(28,3)16-18-32(4)27(35)33-17-8-9-20(19-33)26-30-23-11-5-6-12-24(23)31-26/h5-7,10-13,20,34H,8-9,14-19H2,1-4H3,(H,30,31)/t20?,29-/m0/s1. The molecule has 35 heavy (non-hydrogen) atoms. The van der Waals surface area contributed by atoms with Gasteiger partial charge in [0.05, 0.1) is 11.0 Å². The van der Waals surface area contributed by atoms with Gasteiger partial charge in [-0.05, 0) is 72.3 Å². The van der Waals surface area contributed by atoms with Crippen LogP contribution in [-0.2, 0) is 11.8 Å². The number of hydrogen-bond donors (Lipinski definition) is 2. The largest absolute Gasteiger partial charge is 0.508 e. The van der Waals surface area contributed by atoms with Gasteiger partial charge in [-0.3, -0.25) is 0 Å². The number of fused-ring (bicyclic) bond motifs is 2. The van der Waals surface area contributed by atoms with E-state index in [1.165, 1.54) is 5.56 Å². The maximum atomic E-state index is 13.5. The Morgan fingerprint density at radius 3 is 2.80 bits per heavy atom. The average Bonchev–Trinajstić information content (AvgIpc) is 3.29. The van der Waals surface area contributed by atoms with Crippen LogP contribution in [0.3, 0.4) is 0 Å². The smallest absolute Gasteiger partial charge is 0.319 e. The number of imidazole rings is 1. The average molecular weight is 475 g/mol. The van der Waals surface area contributed by atoms with Gasteiger partial charge in [0.25, 0.3) is 0 Å². The summed E-state index contributed by atoms with van der Waals surface area (Å²) in [6, 6.07) is 14.1. The highest BCUT2D eigenvalue weighted by Crippen LogP contribution is 2.53. The number of rotatable bonds is 4. The number of amides is 2. The summed E-state index contributed by atoms with van der Waals surface area (Å²) >= 11 is 0. The first-order chi connectivity index (χ1) is 16.7. The van der Waals surface area contributed by atoms with Crippen molar-refractivity contribution in [2.45, 2.75) is 64.2 Å². The van der Waals surface area contributed by atoms with Crippen LogP contribution >= 0.6 is 0 Å². The molecule has 2 aromatic carbocycles. The number of para-hydroxylation sites is 2. The summed E-state index contributed by atoms with van der Waals surface area (Å²) in [4.78, 5) is 25.6. The van der Waals surface area contributed by atoms with Gasteiger partial charge in [0.2, 0.25) is 0 Å². The van der Waals surface area contributed by atoms with Crippen LogP contribution < -0.4 is 0 Å². The lowest BCUT2D eigenvalue weighted by molar-refractivity contribution is 0.111. The van der Waals surface area contributed by atoms with Crippen LogP contribution in [0.4, 0.5) is 4.79 Å². The number of aromatic amines is 1. The van der Waals surface area contributed by atoms with E-state index in [1.54, 1.807) is 6.07 Å². The van der Waals surface area contributed by atoms with Gasteiger partial charge < -0.3 is 19.9 Å². The maximum Gasteiger partial charge on any atom is 0.319 e. The fraction of sp³-hybridized carbons (Fsp3) is 0.517. The van der Waals surface area contributed by atoms with Gasteiger partial charge in [-0.2, -0.15) is 0 Å². The molecule has 1 aliphatic carbocycles. The molecular weight excluding hydrogens is 436 g/mol. The van der Waals surface area contributed by atoms with Crippen molar-refractivity contribution in [1.82, 2.24) is 19.8 Å². The number of phenolic OH excluding ortho intramolecular Hbond substituents is 1. The number of aromatic hydroxyl groups is 1. The fourth-order valence-corrected chi connectivity index (χ4v) is 6.17. The fourth-order valence-electron chi connectivity index (χ4n) is 6.17. The molecule has 3 aromatic rings. The summed E-state index contributed by atoms with van der Waals surface area (Å²) in [7, 11) is 1.93. The minimum Gasteiger partial charge on any atom is -0.508 e. The Bertz CT molecular complexity index is 1200. The Morgan fingerprint density at radius 2 is 2.00 bits per heavy atom. The highest BCUT2D eigenvalue weighted by atomic mass is 16.3. The van der Waals surface area contributed by atoms with Crippen molar-refractivity contribution < 1.29 is 9.90 Å². The second-order valence-electron chi connectivity index (χ2n) is 11.4. The van der Waals surface area contributed by atoms with E-state index in [4.69, 9.17) is 4.98 Å². The molecule has 6 heteroatoms. The summed E-state index contributed by atoms with van der Waals surface area (Å²) in [5.74, 6) is 1.62. The van der Waals surface area contributed by atoms with E-state index in [1.807, 2.05) is 41.1 Å². The normalized spacial score (nSPS) is 23.8. The second kappa shape index (κ2) is 8.89. The number of phenols is 1. The van der Waals surface area contributed by atoms with Gasteiger partial charge >= 0.3 is 6.03 Å². The molecule has 1 unspecified atom stereocenters. The van der Waals surface area contributed by atoms with E-state index in [0.717, 1.165) is 61.1 Å². The third-order valence-corrected chi connectivity index (χ3v) is 9.00. The molecule has 1 aliphatic heterocycles. The van der Waals surface area contributed by atoms with Gasteiger partial charge in [0.15, 0.2) is 0 Å². The van der Waals surface area contributed by atoms with Gasteiger partial charge in [0.1, 0.15) is 11.6 Å². The van der Waals surface area contributed by atoms with Crippen molar-refractivity contribution in [3.8, 4) is 5.75 Å². The predicted molar refractivity (Wildman–Crippen MR) is 140 cm³/mol. The Hall–Kier alpha value is -3.02. The lowest BCUT2D eigenvalue weighted by Crippen LogP contribution is -2.49. The number of carbonyl (C=O) groups is 1. The molecule has 2 amide bonds. The molecule has 1 fully saturated rings. The molecule has 2 heterocycles. The first-order valence-corrected chi connectivity index (χ1v) is 13.0. The summed E-state index contributed by atoms with van der Waals surface area (Å²) in [5, 5.41) is 10.5. The Labute approximate surface area is 208 Å². The lowest BCUT2D eigenvalue weighted by Gasteiger charge is -2.50. The molecule has 2 aliphatic rings. The molecule has 0 radical (unpaired) electrons. The number of H-pyrrole nitrogens is 1. The molecule has 1 saturated heterocycles. The molecule has 186 valence electrons. The number of benzene rings is 2. The number of piperidine rings is 1. The highest BCUT2D eigenvalue weighted by molar-refractivity contribution is 5.75. The van der Waals surface area contributed by atoms with E-state index in [2.05, 4.69) is 37.9 Å². The quantitative estimate of drug-likeness (QED) is 0.500. The van der Waals surface area contributed by atoms with E-state index < -0.39 is 0 Å². The van der Waals surface area contributed by atoms with Crippen molar-refractivity contribution in [3.05, 3.63) is 59.4 Å². The Kier molecular flexibility index (Phi) is 6.02. The number of aromatic nitrogens is 2. The van der Waals surface area contributed by atoms with Gasteiger partial charge in [0, 0.05) is 32.6 Å². The van der Waals surface area contributed by atoms with Crippen LogP contribution in [0.2, 0.25) is 0 Å². The minimum absolute atomic E-state index is 0.0786. The monoisotopic (exact) mass is 474 g/mol. The van der Waals surface area contributed by atoms with Crippen molar-refractivity contribution >= 4 is 17.1 Å². The van der Waals surface area contributed by atoms with E-state index in [0.29, 0.717) is 18.8 Å². The second-order valence-corrected chi connectivity index (χ2v) is 11.4. The minimum atomic E-state index is -0.118. The summed E-state index contributed by atoms with van der Waals surface area (Å²) in [5.41, 5.74) is 4.31. The van der Waals surface area contributed by atoms with Crippen LogP contribution in [-0.4, -0.2) is 57.6 Å². The first-order valence-electron chi connectivity index (χ1n) is 13.0. The third kappa shape index (κ3) is 4.17. The summed E-state index contributed by atoms with van der Waals surface area (Å²) in [6.45, 7) is 9.12.